The lowest BCUT2D eigenvalue weighted by Crippen LogP contribution is -2.00. The monoisotopic (exact) mass is 425 g/mol. The molecule has 0 atom stereocenters. The lowest BCUT2D eigenvalue weighted by atomic mass is 10.2. The van der Waals surface area contributed by atoms with Gasteiger partial charge in [0.15, 0.2) is 11.0 Å². The molecule has 1 aromatic rings. The molecule has 0 saturated heterocycles. The number of unbranched alkanes of at least 4 members (excludes halogenated alkanes) is 3. The Morgan fingerprint density at radius 1 is 1.04 bits per heavy atom. The van der Waals surface area contributed by atoms with E-state index in [1.807, 2.05) is 13.8 Å². The number of benzene rings is 1. The highest BCUT2D eigenvalue weighted by Gasteiger charge is 2.10. The zero-order valence-electron chi connectivity index (χ0n) is 14.9. The Hall–Kier alpha value is -1.17. The van der Waals surface area contributed by atoms with Crippen LogP contribution in [0.4, 0.5) is 4.39 Å². The SMILES string of the molecule is CC(C)=NOCCCCCCOc1c(Cl)cc(OC/C=C(\F)Cl)cc1Cl. The van der Waals surface area contributed by atoms with E-state index in [-0.39, 0.29) is 6.61 Å². The Balaban J connectivity index is 2.30. The van der Waals surface area contributed by atoms with Crippen molar-refractivity contribution in [3.63, 3.8) is 0 Å². The Kier molecular flexibility index (Phi) is 11.5. The zero-order chi connectivity index (χ0) is 19.4. The Bertz CT molecular complexity index is 593. The molecule has 1 aromatic carbocycles. The van der Waals surface area contributed by atoms with Gasteiger partial charge in [-0.05, 0) is 39.5 Å². The van der Waals surface area contributed by atoms with Gasteiger partial charge < -0.3 is 14.3 Å². The van der Waals surface area contributed by atoms with Crippen LogP contribution in [0, 0.1) is 0 Å². The Labute approximate surface area is 168 Å². The van der Waals surface area contributed by atoms with E-state index in [1.165, 1.54) is 0 Å². The third-order valence-electron chi connectivity index (χ3n) is 3.08. The van der Waals surface area contributed by atoms with Crippen molar-refractivity contribution in [3.05, 3.63) is 33.5 Å². The highest BCUT2D eigenvalue weighted by Crippen LogP contribution is 2.37. The average molecular weight is 427 g/mol. The number of nitrogens with zero attached hydrogens (tertiary/aromatic N) is 1. The molecule has 0 aliphatic rings. The molecule has 0 amide bonds. The van der Waals surface area contributed by atoms with Gasteiger partial charge in [0.2, 0.25) is 0 Å². The van der Waals surface area contributed by atoms with Crippen molar-refractivity contribution in [2.75, 3.05) is 19.8 Å². The Morgan fingerprint density at radius 2 is 1.65 bits per heavy atom. The van der Waals surface area contributed by atoms with Crippen LogP contribution < -0.4 is 9.47 Å². The molecule has 0 fully saturated rings. The highest BCUT2D eigenvalue weighted by atomic mass is 35.5. The van der Waals surface area contributed by atoms with E-state index in [2.05, 4.69) is 5.16 Å². The number of oxime groups is 1. The summed E-state index contributed by atoms with van der Waals surface area (Å²) in [5.41, 5.74) is 0.909. The number of hydrogen-bond acceptors (Lipinski definition) is 4. The first kappa shape index (κ1) is 22.9. The standard InChI is InChI=1S/C18H23Cl3FNO3/c1-13(2)23-26-9-6-4-3-5-8-25-18-15(19)11-14(12-16(18)20)24-10-7-17(21)22/h7,11-12H,3-6,8-10H2,1-2H3/b17-7-. The fourth-order valence-electron chi connectivity index (χ4n) is 1.93. The van der Waals surface area contributed by atoms with Gasteiger partial charge in [-0.3, -0.25) is 0 Å². The second kappa shape index (κ2) is 13.1. The summed E-state index contributed by atoms with van der Waals surface area (Å²) in [7, 11) is 0. The first-order valence-electron chi connectivity index (χ1n) is 8.29. The lowest BCUT2D eigenvalue weighted by Gasteiger charge is -2.12. The molecule has 0 spiro atoms. The minimum atomic E-state index is -0.832. The van der Waals surface area contributed by atoms with Gasteiger partial charge in [-0.1, -0.05) is 40.0 Å². The molecule has 0 heterocycles. The van der Waals surface area contributed by atoms with Crippen molar-refractivity contribution in [2.24, 2.45) is 5.16 Å². The molecule has 146 valence electrons. The molecule has 0 radical (unpaired) electrons. The molecular formula is C18H23Cl3FNO3. The minimum Gasteiger partial charge on any atom is -0.490 e. The molecule has 0 bridgehead atoms. The van der Waals surface area contributed by atoms with Crippen molar-refractivity contribution >= 4 is 40.5 Å². The lowest BCUT2D eigenvalue weighted by molar-refractivity contribution is 0.139. The average Bonchev–Trinajstić information content (AvgIpc) is 2.54. The minimum absolute atomic E-state index is 0.0188. The topological polar surface area (TPSA) is 40.0 Å². The second-order valence-electron chi connectivity index (χ2n) is 5.66. The number of halogens is 4. The second-order valence-corrected chi connectivity index (χ2v) is 6.83. The van der Waals surface area contributed by atoms with Crippen LogP contribution in [0.1, 0.15) is 39.5 Å². The van der Waals surface area contributed by atoms with Crippen LogP contribution in [0.2, 0.25) is 10.0 Å². The predicted molar refractivity (Wildman–Crippen MR) is 106 cm³/mol. The predicted octanol–water partition coefficient (Wildman–Crippen LogP) is 6.77. The molecule has 4 nitrogen and oxygen atoms in total. The van der Waals surface area contributed by atoms with Crippen molar-refractivity contribution in [3.8, 4) is 11.5 Å². The zero-order valence-corrected chi connectivity index (χ0v) is 17.1. The molecule has 0 aliphatic heterocycles. The molecule has 8 heteroatoms. The van der Waals surface area contributed by atoms with Gasteiger partial charge in [0.25, 0.3) is 0 Å². The van der Waals surface area contributed by atoms with Gasteiger partial charge in [-0.15, -0.1) is 0 Å². The molecule has 1 rings (SSSR count). The molecular weight excluding hydrogens is 404 g/mol. The van der Waals surface area contributed by atoms with E-state index in [0.717, 1.165) is 37.5 Å². The summed E-state index contributed by atoms with van der Waals surface area (Å²) in [4.78, 5) is 5.13. The van der Waals surface area contributed by atoms with Crippen molar-refractivity contribution in [1.29, 1.82) is 0 Å². The third kappa shape index (κ3) is 10.1. The molecule has 0 unspecified atom stereocenters. The quantitative estimate of drug-likeness (QED) is 0.210. The Morgan fingerprint density at radius 3 is 2.23 bits per heavy atom. The molecule has 0 saturated carbocycles. The number of ether oxygens (including phenoxy) is 2. The fourth-order valence-corrected chi connectivity index (χ4v) is 2.57. The summed E-state index contributed by atoms with van der Waals surface area (Å²) in [5, 5.41) is 3.72. The maximum Gasteiger partial charge on any atom is 0.188 e. The largest absolute Gasteiger partial charge is 0.490 e. The van der Waals surface area contributed by atoms with Crippen LogP contribution >= 0.6 is 34.8 Å². The molecule has 0 N–H and O–H groups in total. The van der Waals surface area contributed by atoms with Gasteiger partial charge in [0.05, 0.1) is 22.4 Å². The van der Waals surface area contributed by atoms with E-state index >= 15 is 0 Å². The summed E-state index contributed by atoms with van der Waals surface area (Å²) in [6, 6.07) is 3.13. The normalized spacial score (nSPS) is 11.2. The van der Waals surface area contributed by atoms with E-state index < -0.39 is 5.29 Å². The first-order chi connectivity index (χ1) is 12.4. The van der Waals surface area contributed by atoms with E-state index in [0.29, 0.717) is 34.8 Å². The van der Waals surface area contributed by atoms with Crippen LogP contribution in [0.3, 0.4) is 0 Å². The van der Waals surface area contributed by atoms with Gasteiger partial charge in [0.1, 0.15) is 19.0 Å². The first-order valence-corrected chi connectivity index (χ1v) is 9.42. The van der Waals surface area contributed by atoms with Gasteiger partial charge >= 0.3 is 0 Å². The molecule has 0 aromatic heterocycles. The summed E-state index contributed by atoms with van der Waals surface area (Å²) in [6.07, 6.45) is 4.95. The number of hydrogen-bond donors (Lipinski definition) is 0. The fraction of sp³-hybridized carbons (Fsp3) is 0.500. The van der Waals surface area contributed by atoms with Crippen LogP contribution in [0.5, 0.6) is 11.5 Å². The smallest absolute Gasteiger partial charge is 0.188 e. The summed E-state index contributed by atoms with van der Waals surface area (Å²) >= 11 is 17.4. The van der Waals surface area contributed by atoms with E-state index in [9.17, 15) is 4.39 Å². The van der Waals surface area contributed by atoms with Gasteiger partial charge in [0, 0.05) is 18.2 Å². The third-order valence-corrected chi connectivity index (χ3v) is 3.80. The maximum atomic E-state index is 12.4. The highest BCUT2D eigenvalue weighted by molar-refractivity contribution is 6.37. The van der Waals surface area contributed by atoms with Crippen LogP contribution in [0.25, 0.3) is 0 Å². The summed E-state index contributed by atoms with van der Waals surface area (Å²) < 4.78 is 23.4. The maximum absolute atomic E-state index is 12.4. The molecule has 26 heavy (non-hydrogen) atoms. The molecule has 0 aliphatic carbocycles. The van der Waals surface area contributed by atoms with Crippen LogP contribution in [0.15, 0.2) is 28.7 Å². The van der Waals surface area contributed by atoms with E-state index in [1.54, 1.807) is 12.1 Å². The van der Waals surface area contributed by atoms with Crippen LogP contribution in [-0.4, -0.2) is 25.5 Å². The van der Waals surface area contributed by atoms with Gasteiger partial charge in [-0.2, -0.15) is 4.39 Å². The van der Waals surface area contributed by atoms with Crippen molar-refractivity contribution in [1.82, 2.24) is 0 Å². The number of rotatable bonds is 12. The van der Waals surface area contributed by atoms with Gasteiger partial charge in [-0.25, -0.2) is 0 Å². The van der Waals surface area contributed by atoms with Crippen LogP contribution in [-0.2, 0) is 4.84 Å². The van der Waals surface area contributed by atoms with E-state index in [4.69, 9.17) is 49.1 Å². The summed E-state index contributed by atoms with van der Waals surface area (Å²) in [5.74, 6) is 0.822. The van der Waals surface area contributed by atoms with Crippen molar-refractivity contribution in [2.45, 2.75) is 39.5 Å². The van der Waals surface area contributed by atoms with Crippen molar-refractivity contribution < 1.29 is 18.7 Å². The summed E-state index contributed by atoms with van der Waals surface area (Å²) in [6.45, 7) is 4.89.